The zero-order valence-electron chi connectivity index (χ0n) is 14.3. The maximum absolute atomic E-state index is 11.7. The van der Waals surface area contributed by atoms with Gasteiger partial charge in [0.15, 0.2) is 15.6 Å². The number of nitrogens with zero attached hydrogens (tertiary/aromatic N) is 2. The van der Waals surface area contributed by atoms with Gasteiger partial charge in [-0.05, 0) is 60.7 Å². The SMILES string of the molecule is CS(=O)(=O)c1ccc(-n2cc(-c3ccco3)nc2-c2ccc(Cl)cc2)cc1. The van der Waals surface area contributed by atoms with Crippen LogP contribution in [0.15, 0.2) is 82.4 Å². The van der Waals surface area contributed by atoms with Crippen LogP contribution < -0.4 is 0 Å². The van der Waals surface area contributed by atoms with Crippen LogP contribution in [-0.4, -0.2) is 24.2 Å². The first-order chi connectivity index (χ1) is 12.9. The first-order valence-electron chi connectivity index (χ1n) is 8.11. The number of sulfone groups is 1. The summed E-state index contributed by atoms with van der Waals surface area (Å²) in [6.07, 6.45) is 4.64. The Morgan fingerprint density at radius 1 is 1.00 bits per heavy atom. The Morgan fingerprint density at radius 2 is 1.70 bits per heavy atom. The van der Waals surface area contributed by atoms with Gasteiger partial charge in [0.05, 0.1) is 11.2 Å². The molecule has 2 heterocycles. The second kappa shape index (κ2) is 6.72. The summed E-state index contributed by atoms with van der Waals surface area (Å²) in [6, 6.07) is 17.7. The molecule has 7 heteroatoms. The number of imidazole rings is 1. The second-order valence-corrected chi connectivity index (χ2v) is 8.52. The monoisotopic (exact) mass is 398 g/mol. The maximum atomic E-state index is 11.7. The van der Waals surface area contributed by atoms with Crippen LogP contribution in [0, 0.1) is 0 Å². The largest absolute Gasteiger partial charge is 0.463 e. The molecule has 4 rings (SSSR count). The molecule has 27 heavy (non-hydrogen) atoms. The molecular formula is C20H15ClN2O3S. The highest BCUT2D eigenvalue weighted by atomic mass is 35.5. The lowest BCUT2D eigenvalue weighted by atomic mass is 10.2. The van der Waals surface area contributed by atoms with Gasteiger partial charge in [0, 0.05) is 28.7 Å². The lowest BCUT2D eigenvalue weighted by molar-refractivity contribution is 0.580. The molecule has 0 aliphatic carbocycles. The minimum absolute atomic E-state index is 0.269. The van der Waals surface area contributed by atoms with Gasteiger partial charge in [-0.1, -0.05) is 11.6 Å². The molecule has 0 unspecified atom stereocenters. The Morgan fingerprint density at radius 3 is 2.30 bits per heavy atom. The summed E-state index contributed by atoms with van der Waals surface area (Å²) in [5.41, 5.74) is 2.35. The summed E-state index contributed by atoms with van der Waals surface area (Å²) in [4.78, 5) is 4.98. The van der Waals surface area contributed by atoms with E-state index in [0.29, 0.717) is 22.3 Å². The molecular weight excluding hydrogens is 384 g/mol. The van der Waals surface area contributed by atoms with Gasteiger partial charge >= 0.3 is 0 Å². The van der Waals surface area contributed by atoms with Gasteiger partial charge in [-0.2, -0.15) is 0 Å². The van der Waals surface area contributed by atoms with E-state index in [1.165, 1.54) is 6.26 Å². The van der Waals surface area contributed by atoms with Crippen LogP contribution in [-0.2, 0) is 9.84 Å². The quantitative estimate of drug-likeness (QED) is 0.492. The average Bonchev–Trinajstić information content (AvgIpc) is 3.31. The van der Waals surface area contributed by atoms with E-state index in [1.807, 2.05) is 29.0 Å². The Bertz CT molecular complexity index is 1180. The van der Waals surface area contributed by atoms with Crippen LogP contribution in [0.5, 0.6) is 0 Å². The molecule has 5 nitrogen and oxygen atoms in total. The molecule has 0 saturated carbocycles. The van der Waals surface area contributed by atoms with Crippen LogP contribution in [0.2, 0.25) is 5.02 Å². The maximum Gasteiger partial charge on any atom is 0.175 e. The summed E-state index contributed by atoms with van der Waals surface area (Å²) in [7, 11) is -3.25. The summed E-state index contributed by atoms with van der Waals surface area (Å²) in [5, 5.41) is 0.639. The predicted molar refractivity (Wildman–Crippen MR) is 105 cm³/mol. The molecule has 0 spiro atoms. The zero-order chi connectivity index (χ0) is 19.0. The van der Waals surface area contributed by atoms with E-state index in [9.17, 15) is 8.42 Å². The Labute approximate surface area is 161 Å². The number of hydrogen-bond donors (Lipinski definition) is 0. The van der Waals surface area contributed by atoms with Crippen molar-refractivity contribution in [2.75, 3.05) is 6.26 Å². The molecule has 0 bridgehead atoms. The van der Waals surface area contributed by atoms with E-state index in [0.717, 1.165) is 11.3 Å². The third-order valence-corrected chi connectivity index (χ3v) is 5.51. The molecule has 4 aromatic rings. The normalized spacial score (nSPS) is 11.6. The fraction of sp³-hybridized carbons (Fsp3) is 0.0500. The molecule has 0 amide bonds. The van der Waals surface area contributed by atoms with Crippen molar-refractivity contribution < 1.29 is 12.8 Å². The van der Waals surface area contributed by atoms with E-state index in [-0.39, 0.29) is 4.90 Å². The first kappa shape index (κ1) is 17.6. The van der Waals surface area contributed by atoms with Crippen molar-refractivity contribution in [2.24, 2.45) is 0 Å². The molecule has 0 radical (unpaired) electrons. The van der Waals surface area contributed by atoms with Crippen molar-refractivity contribution in [3.05, 3.63) is 78.1 Å². The fourth-order valence-electron chi connectivity index (χ4n) is 2.78. The third-order valence-electron chi connectivity index (χ3n) is 4.13. The van der Waals surface area contributed by atoms with Gasteiger partial charge in [0.1, 0.15) is 11.5 Å². The molecule has 2 aromatic carbocycles. The minimum Gasteiger partial charge on any atom is -0.463 e. The lowest BCUT2D eigenvalue weighted by Gasteiger charge is -2.09. The Hall–Kier alpha value is -2.83. The third kappa shape index (κ3) is 3.54. The van der Waals surface area contributed by atoms with Crippen molar-refractivity contribution in [1.82, 2.24) is 9.55 Å². The van der Waals surface area contributed by atoms with E-state index < -0.39 is 9.84 Å². The molecule has 0 aliphatic heterocycles. The topological polar surface area (TPSA) is 65.1 Å². The number of hydrogen-bond acceptors (Lipinski definition) is 4. The predicted octanol–water partition coefficient (Wildman–Crippen LogP) is 4.86. The standard InChI is InChI=1S/C20H15ClN2O3S/c1-27(24,25)17-10-8-16(9-11-17)23-13-18(19-3-2-12-26-19)22-20(23)14-4-6-15(21)7-5-14/h2-13H,1H3. The highest BCUT2D eigenvalue weighted by Crippen LogP contribution is 2.29. The second-order valence-electron chi connectivity index (χ2n) is 6.07. The summed E-state index contributed by atoms with van der Waals surface area (Å²) in [6.45, 7) is 0. The summed E-state index contributed by atoms with van der Waals surface area (Å²) in [5.74, 6) is 1.35. The van der Waals surface area contributed by atoms with Crippen molar-refractivity contribution in [3.8, 4) is 28.5 Å². The lowest BCUT2D eigenvalue weighted by Crippen LogP contribution is -1.99. The van der Waals surface area contributed by atoms with Gasteiger partial charge < -0.3 is 4.42 Å². The highest BCUT2D eigenvalue weighted by Gasteiger charge is 2.15. The molecule has 2 aromatic heterocycles. The number of aromatic nitrogens is 2. The molecule has 136 valence electrons. The van der Waals surface area contributed by atoms with Crippen LogP contribution in [0.3, 0.4) is 0 Å². The van der Waals surface area contributed by atoms with Gasteiger partial charge in [-0.3, -0.25) is 4.57 Å². The fourth-order valence-corrected chi connectivity index (χ4v) is 3.53. The molecule has 0 fully saturated rings. The first-order valence-corrected chi connectivity index (χ1v) is 10.4. The smallest absolute Gasteiger partial charge is 0.175 e. The van der Waals surface area contributed by atoms with E-state index in [1.54, 1.807) is 48.7 Å². The van der Waals surface area contributed by atoms with Crippen molar-refractivity contribution in [1.29, 1.82) is 0 Å². The average molecular weight is 399 g/mol. The zero-order valence-corrected chi connectivity index (χ0v) is 15.9. The van der Waals surface area contributed by atoms with Crippen molar-refractivity contribution in [2.45, 2.75) is 4.90 Å². The van der Waals surface area contributed by atoms with Crippen LogP contribution >= 0.6 is 11.6 Å². The Balaban J connectivity index is 1.86. The highest BCUT2D eigenvalue weighted by molar-refractivity contribution is 7.90. The number of benzene rings is 2. The Kier molecular flexibility index (Phi) is 4.37. The molecule has 0 saturated heterocycles. The molecule has 0 aliphatic rings. The van der Waals surface area contributed by atoms with Crippen LogP contribution in [0.1, 0.15) is 0 Å². The van der Waals surface area contributed by atoms with Gasteiger partial charge in [-0.15, -0.1) is 0 Å². The van der Waals surface area contributed by atoms with Crippen LogP contribution in [0.25, 0.3) is 28.5 Å². The number of rotatable bonds is 4. The minimum atomic E-state index is -3.25. The summed E-state index contributed by atoms with van der Waals surface area (Å²) >= 11 is 6.00. The van der Waals surface area contributed by atoms with Gasteiger partial charge in [0.25, 0.3) is 0 Å². The van der Waals surface area contributed by atoms with E-state index >= 15 is 0 Å². The van der Waals surface area contributed by atoms with E-state index in [2.05, 4.69) is 0 Å². The van der Waals surface area contributed by atoms with Gasteiger partial charge in [-0.25, -0.2) is 13.4 Å². The van der Waals surface area contributed by atoms with E-state index in [4.69, 9.17) is 21.0 Å². The molecule has 0 atom stereocenters. The van der Waals surface area contributed by atoms with Crippen molar-refractivity contribution in [3.63, 3.8) is 0 Å². The number of furan rings is 1. The van der Waals surface area contributed by atoms with Gasteiger partial charge in [0.2, 0.25) is 0 Å². The molecule has 0 N–H and O–H groups in total. The summed E-state index contributed by atoms with van der Waals surface area (Å²) < 4.78 is 30.8. The van der Waals surface area contributed by atoms with Crippen LogP contribution in [0.4, 0.5) is 0 Å². The number of halogens is 1. The van der Waals surface area contributed by atoms with Crippen molar-refractivity contribution >= 4 is 21.4 Å².